The maximum Gasteiger partial charge on any atom is 0.0984 e. The number of epoxide rings is 3. The van der Waals surface area contributed by atoms with Gasteiger partial charge in [-0.25, -0.2) is 0 Å². The second-order valence-corrected chi connectivity index (χ2v) is 15.4. The Hall–Kier alpha value is -2.90. The average molecular weight is 625 g/mol. The Kier molecular flexibility index (Phi) is 8.24. The Morgan fingerprint density at radius 1 is 0.543 bits per heavy atom. The van der Waals surface area contributed by atoms with E-state index < -0.39 is 0 Å². The van der Waals surface area contributed by atoms with E-state index in [9.17, 15) is 0 Å². The highest BCUT2D eigenvalue weighted by molar-refractivity contribution is 5.64. The highest BCUT2D eigenvalue weighted by Gasteiger charge is 2.36. The average Bonchev–Trinajstić information content (AvgIpc) is 3.80. The number of ether oxygens (including phenoxy) is 4. The summed E-state index contributed by atoms with van der Waals surface area (Å²) in [7, 11) is 0. The Balaban J connectivity index is 1.12. The minimum atomic E-state index is -0.129. The molecule has 0 bridgehead atoms. The van der Waals surface area contributed by atoms with Crippen LogP contribution in [0.4, 0.5) is 11.4 Å². The highest BCUT2D eigenvalue weighted by Crippen LogP contribution is 2.41. The molecule has 0 N–H and O–H groups in total. The Morgan fingerprint density at radius 3 is 1.26 bits per heavy atom. The molecule has 0 aliphatic carbocycles. The Morgan fingerprint density at radius 2 is 0.913 bits per heavy atom. The molecule has 0 saturated carbocycles. The maximum absolute atomic E-state index is 5.62. The molecule has 4 saturated heterocycles. The predicted molar refractivity (Wildman–Crippen MR) is 186 cm³/mol. The molecule has 3 unspecified atom stereocenters. The summed E-state index contributed by atoms with van der Waals surface area (Å²) in [5.41, 5.74) is 13.1. The lowest BCUT2D eigenvalue weighted by atomic mass is 9.73. The lowest BCUT2D eigenvalue weighted by molar-refractivity contribution is 0.00756. The third-order valence-electron chi connectivity index (χ3n) is 10.9. The van der Waals surface area contributed by atoms with E-state index in [0.29, 0.717) is 24.4 Å². The normalized spacial score (nSPS) is 22.4. The van der Waals surface area contributed by atoms with Crippen molar-refractivity contribution in [2.24, 2.45) is 0 Å². The van der Waals surface area contributed by atoms with Gasteiger partial charge in [0.25, 0.3) is 0 Å². The monoisotopic (exact) mass is 624 g/mol. The third-order valence-corrected chi connectivity index (χ3v) is 10.9. The minimum absolute atomic E-state index is 0.129. The van der Waals surface area contributed by atoms with Gasteiger partial charge in [0.1, 0.15) is 0 Å². The van der Waals surface area contributed by atoms with Crippen LogP contribution in [0.5, 0.6) is 0 Å². The number of hydrogen-bond acceptors (Lipinski definition) is 6. The van der Waals surface area contributed by atoms with E-state index in [0.717, 1.165) is 52.7 Å². The predicted octanol–water partition coefficient (Wildman–Crippen LogP) is 6.78. The van der Waals surface area contributed by atoms with Crippen molar-refractivity contribution in [2.75, 3.05) is 62.5 Å². The van der Waals surface area contributed by atoms with Gasteiger partial charge in [0.05, 0.1) is 57.4 Å². The third kappa shape index (κ3) is 6.34. The summed E-state index contributed by atoms with van der Waals surface area (Å²) in [5.74, 6) is 0. The fraction of sp³-hybridized carbons (Fsp3) is 0.550. The molecule has 46 heavy (non-hydrogen) atoms. The molecule has 4 fully saturated rings. The van der Waals surface area contributed by atoms with E-state index in [2.05, 4.69) is 114 Å². The lowest BCUT2D eigenvalue weighted by Crippen LogP contribution is -2.51. The molecule has 246 valence electrons. The molecule has 3 atom stereocenters. The van der Waals surface area contributed by atoms with E-state index in [1.165, 1.54) is 55.9 Å². The van der Waals surface area contributed by atoms with Crippen molar-refractivity contribution in [3.63, 3.8) is 0 Å². The first-order chi connectivity index (χ1) is 21.9. The fourth-order valence-corrected chi connectivity index (χ4v) is 7.54. The largest absolute Gasteiger partial charge is 0.377 e. The molecule has 4 heterocycles. The summed E-state index contributed by atoms with van der Waals surface area (Å²) in [6, 6.07) is 19.4. The number of rotatable bonds is 13. The van der Waals surface area contributed by atoms with Crippen molar-refractivity contribution < 1.29 is 18.9 Å². The molecular weight excluding hydrogens is 572 g/mol. The lowest BCUT2D eigenvalue weighted by Gasteiger charge is -2.41. The SMILES string of the molecule is Cc1cc(C(C)(C)c2ccc(C(C)(C)c3cc(C)c(N(CC4CO4)C4COC4)c(C)c3)cc2)cc(C)c1N(CC1CO1)CC1CO1. The van der Waals surface area contributed by atoms with Crippen molar-refractivity contribution in [1.29, 1.82) is 0 Å². The van der Waals surface area contributed by atoms with Crippen molar-refractivity contribution in [3.05, 3.63) is 93.0 Å². The van der Waals surface area contributed by atoms with Crippen LogP contribution in [-0.4, -0.2) is 77.0 Å². The molecule has 4 aliphatic heterocycles. The van der Waals surface area contributed by atoms with Gasteiger partial charge in [-0.15, -0.1) is 0 Å². The number of anilines is 2. The summed E-state index contributed by atoms with van der Waals surface area (Å²) in [6.07, 6.45) is 1.05. The van der Waals surface area contributed by atoms with Crippen molar-refractivity contribution in [2.45, 2.75) is 90.6 Å². The van der Waals surface area contributed by atoms with Crippen LogP contribution in [0.25, 0.3) is 0 Å². The van der Waals surface area contributed by atoms with Gasteiger partial charge < -0.3 is 28.7 Å². The highest BCUT2D eigenvalue weighted by atomic mass is 16.6. The van der Waals surface area contributed by atoms with Crippen LogP contribution in [-0.2, 0) is 29.8 Å². The van der Waals surface area contributed by atoms with Gasteiger partial charge in [0, 0.05) is 41.8 Å². The standard InChI is InChI=1S/C40H52N2O4/c1-25-13-31(14-26(2)37(25)41(17-34-22-44-34)18-35-23-45-35)39(5,6)29-9-11-30(12-10-29)40(7,8)32-15-27(3)38(28(4)16-32)42(19-36-24-46-36)33-20-43-21-33/h9-16,33-36H,17-24H2,1-8H3. The van der Waals surface area contributed by atoms with Gasteiger partial charge >= 0.3 is 0 Å². The minimum Gasteiger partial charge on any atom is -0.377 e. The van der Waals surface area contributed by atoms with Gasteiger partial charge in [0.15, 0.2) is 0 Å². The number of nitrogens with zero attached hydrogens (tertiary/aromatic N) is 2. The van der Waals surface area contributed by atoms with Crippen LogP contribution >= 0.6 is 0 Å². The summed E-state index contributed by atoms with van der Waals surface area (Å²) in [5, 5.41) is 0. The molecule has 3 aromatic carbocycles. The van der Waals surface area contributed by atoms with Crippen LogP contribution in [0.15, 0.2) is 48.5 Å². The van der Waals surface area contributed by atoms with Crippen molar-refractivity contribution in [1.82, 2.24) is 0 Å². The van der Waals surface area contributed by atoms with Crippen LogP contribution in [0.3, 0.4) is 0 Å². The van der Waals surface area contributed by atoms with Crippen LogP contribution in [0.2, 0.25) is 0 Å². The zero-order chi connectivity index (χ0) is 32.4. The van der Waals surface area contributed by atoms with E-state index >= 15 is 0 Å². The quantitative estimate of drug-likeness (QED) is 0.196. The first kappa shape index (κ1) is 31.7. The molecule has 3 aromatic rings. The molecule has 4 aliphatic rings. The van der Waals surface area contributed by atoms with Gasteiger partial charge in [-0.05, 0) is 72.2 Å². The Bertz CT molecular complexity index is 1520. The topological polar surface area (TPSA) is 53.3 Å². The van der Waals surface area contributed by atoms with E-state index in [1.807, 2.05) is 0 Å². The van der Waals surface area contributed by atoms with Gasteiger partial charge in [-0.2, -0.15) is 0 Å². The van der Waals surface area contributed by atoms with Gasteiger partial charge in [-0.1, -0.05) is 76.2 Å². The summed E-state index contributed by atoms with van der Waals surface area (Å²) >= 11 is 0. The maximum atomic E-state index is 5.62. The summed E-state index contributed by atoms with van der Waals surface area (Å²) < 4.78 is 22.4. The molecular formula is C40H52N2O4. The van der Waals surface area contributed by atoms with Crippen LogP contribution in [0.1, 0.15) is 72.2 Å². The molecule has 0 aromatic heterocycles. The number of hydrogen-bond donors (Lipinski definition) is 0. The fourth-order valence-electron chi connectivity index (χ4n) is 7.54. The van der Waals surface area contributed by atoms with Crippen LogP contribution < -0.4 is 9.80 Å². The summed E-state index contributed by atoms with van der Waals surface area (Å²) in [4.78, 5) is 5.03. The van der Waals surface area contributed by atoms with Crippen molar-refractivity contribution in [3.8, 4) is 0 Å². The molecule has 0 spiro atoms. The first-order valence-electron chi connectivity index (χ1n) is 17.2. The zero-order valence-electron chi connectivity index (χ0n) is 29.1. The van der Waals surface area contributed by atoms with E-state index in [-0.39, 0.29) is 10.8 Å². The number of aryl methyl sites for hydroxylation is 4. The van der Waals surface area contributed by atoms with E-state index in [1.54, 1.807) is 0 Å². The van der Waals surface area contributed by atoms with E-state index in [4.69, 9.17) is 18.9 Å². The van der Waals surface area contributed by atoms with Crippen LogP contribution in [0, 0.1) is 27.7 Å². The van der Waals surface area contributed by atoms with Gasteiger partial charge in [-0.3, -0.25) is 0 Å². The number of benzene rings is 3. The second kappa shape index (κ2) is 12.0. The molecule has 7 rings (SSSR count). The Labute approximate surface area is 276 Å². The summed E-state index contributed by atoms with van der Waals surface area (Å²) in [6.45, 7) is 25.5. The zero-order valence-corrected chi connectivity index (χ0v) is 29.1. The molecule has 6 nitrogen and oxygen atoms in total. The molecule has 0 amide bonds. The van der Waals surface area contributed by atoms with Gasteiger partial charge in [0.2, 0.25) is 0 Å². The van der Waals surface area contributed by atoms with Crippen molar-refractivity contribution >= 4 is 11.4 Å². The second-order valence-electron chi connectivity index (χ2n) is 15.4. The first-order valence-corrected chi connectivity index (χ1v) is 17.2. The smallest absolute Gasteiger partial charge is 0.0984 e. The molecule has 0 radical (unpaired) electrons. The molecule has 6 heteroatoms.